The van der Waals surface area contributed by atoms with Gasteiger partial charge in [0, 0.05) is 5.92 Å². The summed E-state index contributed by atoms with van der Waals surface area (Å²) in [4.78, 5) is 14.6. The number of carbonyl (C=O) groups is 1. The van der Waals surface area contributed by atoms with Crippen molar-refractivity contribution in [1.29, 1.82) is 0 Å². The van der Waals surface area contributed by atoms with Crippen molar-refractivity contribution in [3.05, 3.63) is 12.2 Å². The van der Waals surface area contributed by atoms with Crippen LogP contribution in [0.1, 0.15) is 16.7 Å². The van der Waals surface area contributed by atoms with Gasteiger partial charge in [0.25, 0.3) is 5.91 Å². The van der Waals surface area contributed by atoms with E-state index in [1.54, 1.807) is 0 Å². The molecule has 1 aromatic rings. The highest BCUT2D eigenvalue weighted by Crippen LogP contribution is 2.29. The molecule has 17 heavy (non-hydrogen) atoms. The Kier molecular flexibility index (Phi) is 3.36. The molecule has 0 spiro atoms. The molecule has 0 saturated carbocycles. The van der Waals surface area contributed by atoms with Crippen LogP contribution in [-0.4, -0.2) is 56.8 Å². The molecule has 1 aromatic heterocycles. The summed E-state index contributed by atoms with van der Waals surface area (Å²) in [6.07, 6.45) is 0.947. The summed E-state index contributed by atoms with van der Waals surface area (Å²) >= 11 is 0. The van der Waals surface area contributed by atoms with E-state index in [-0.39, 0.29) is 31.0 Å². The number of hydrogen-bond acceptors (Lipinski definition) is 6. The Morgan fingerprint density at radius 3 is 2.88 bits per heavy atom. The zero-order chi connectivity index (χ0) is 12.4. The topological polar surface area (TPSA) is 123 Å². The zero-order valence-corrected chi connectivity index (χ0v) is 9.06. The average Bonchev–Trinajstić information content (AvgIpc) is 2.94. The first kappa shape index (κ1) is 12.0. The Morgan fingerprint density at radius 2 is 2.35 bits per heavy atom. The second kappa shape index (κ2) is 4.78. The Balaban J connectivity index is 2.18. The average molecular weight is 242 g/mol. The quantitative estimate of drug-likeness (QED) is 0.556. The van der Waals surface area contributed by atoms with Gasteiger partial charge in [0.15, 0.2) is 0 Å². The van der Waals surface area contributed by atoms with Crippen molar-refractivity contribution in [3.8, 4) is 0 Å². The van der Waals surface area contributed by atoms with Gasteiger partial charge in [0.05, 0.1) is 32.0 Å². The van der Waals surface area contributed by atoms with Gasteiger partial charge >= 0.3 is 0 Å². The van der Waals surface area contributed by atoms with Crippen molar-refractivity contribution < 1.29 is 19.7 Å². The second-order valence-corrected chi connectivity index (χ2v) is 3.88. The molecule has 2 rings (SSSR count). The minimum atomic E-state index is -0.707. The van der Waals surface area contributed by atoms with Gasteiger partial charge in [-0.25, -0.2) is 9.67 Å². The van der Waals surface area contributed by atoms with E-state index in [0.717, 1.165) is 0 Å². The Labute approximate surface area is 97.0 Å². The monoisotopic (exact) mass is 242 g/mol. The maximum absolute atomic E-state index is 10.9. The first-order chi connectivity index (χ1) is 8.17. The lowest BCUT2D eigenvalue weighted by molar-refractivity contribution is 0.0268. The summed E-state index contributed by atoms with van der Waals surface area (Å²) in [6, 6.07) is -0.252. The first-order valence-electron chi connectivity index (χ1n) is 5.21. The third kappa shape index (κ3) is 2.14. The smallest absolute Gasteiger partial charge is 0.288 e. The molecule has 1 aliphatic heterocycles. The van der Waals surface area contributed by atoms with E-state index < -0.39 is 12.0 Å². The fourth-order valence-corrected chi connectivity index (χ4v) is 1.96. The summed E-state index contributed by atoms with van der Waals surface area (Å²) < 4.78 is 6.77. The predicted molar refractivity (Wildman–Crippen MR) is 55.0 cm³/mol. The van der Waals surface area contributed by atoms with Crippen molar-refractivity contribution in [2.75, 3.05) is 19.8 Å². The van der Waals surface area contributed by atoms with E-state index in [1.807, 2.05) is 0 Å². The summed E-state index contributed by atoms with van der Waals surface area (Å²) in [6.45, 7) is -0.00122. The third-order valence-corrected chi connectivity index (χ3v) is 2.91. The fourth-order valence-electron chi connectivity index (χ4n) is 1.96. The van der Waals surface area contributed by atoms with Crippen LogP contribution >= 0.6 is 0 Å². The molecular weight excluding hydrogens is 228 g/mol. The third-order valence-electron chi connectivity index (χ3n) is 2.91. The molecule has 94 valence electrons. The number of primary amides is 1. The number of aliphatic hydroxyl groups excluding tert-OH is 2. The van der Waals surface area contributed by atoms with Gasteiger partial charge in [0.2, 0.25) is 5.82 Å². The van der Waals surface area contributed by atoms with Crippen molar-refractivity contribution in [3.63, 3.8) is 0 Å². The highest BCUT2D eigenvalue weighted by Gasteiger charge is 2.38. The van der Waals surface area contributed by atoms with Gasteiger partial charge in [0.1, 0.15) is 6.33 Å². The van der Waals surface area contributed by atoms with Crippen molar-refractivity contribution in [1.82, 2.24) is 14.8 Å². The number of hydrogen-bond donors (Lipinski definition) is 3. The lowest BCUT2D eigenvalue weighted by atomic mass is 9.99. The molecule has 1 aliphatic rings. The minimum absolute atomic E-state index is 0.0749. The van der Waals surface area contributed by atoms with Crippen molar-refractivity contribution in [2.45, 2.75) is 12.1 Å². The molecule has 1 saturated heterocycles. The largest absolute Gasteiger partial charge is 0.396 e. The molecule has 1 amide bonds. The Hall–Kier alpha value is -1.51. The summed E-state index contributed by atoms with van der Waals surface area (Å²) in [7, 11) is 0. The molecule has 1 fully saturated rings. The van der Waals surface area contributed by atoms with E-state index in [0.29, 0.717) is 6.61 Å². The molecule has 2 heterocycles. The van der Waals surface area contributed by atoms with Crippen LogP contribution in [0.3, 0.4) is 0 Å². The maximum Gasteiger partial charge on any atom is 0.288 e. The number of nitrogens with zero attached hydrogens (tertiary/aromatic N) is 3. The highest BCUT2D eigenvalue weighted by atomic mass is 16.5. The Bertz CT molecular complexity index is 407. The van der Waals surface area contributed by atoms with Gasteiger partial charge in [-0.2, -0.15) is 0 Å². The summed E-state index contributed by atoms with van der Waals surface area (Å²) in [5, 5.41) is 22.3. The van der Waals surface area contributed by atoms with E-state index in [2.05, 4.69) is 10.1 Å². The van der Waals surface area contributed by atoms with Crippen molar-refractivity contribution >= 4 is 5.91 Å². The number of amides is 1. The molecule has 3 atom stereocenters. The van der Waals surface area contributed by atoms with E-state index in [1.165, 1.54) is 11.0 Å². The number of aliphatic hydroxyl groups is 2. The fraction of sp³-hybridized carbons (Fsp3) is 0.667. The van der Waals surface area contributed by atoms with Gasteiger partial charge in [-0.3, -0.25) is 4.79 Å². The van der Waals surface area contributed by atoms with Crippen LogP contribution in [0.15, 0.2) is 6.33 Å². The molecule has 4 N–H and O–H groups in total. The lowest BCUT2D eigenvalue weighted by Gasteiger charge is -2.18. The van der Waals surface area contributed by atoms with Gasteiger partial charge < -0.3 is 20.7 Å². The summed E-state index contributed by atoms with van der Waals surface area (Å²) in [5.41, 5.74) is 5.05. The molecule has 8 nitrogen and oxygen atoms in total. The summed E-state index contributed by atoms with van der Waals surface area (Å²) in [5.74, 6) is -1.06. The van der Waals surface area contributed by atoms with Gasteiger partial charge in [-0.15, -0.1) is 5.10 Å². The van der Waals surface area contributed by atoms with E-state index in [4.69, 9.17) is 15.6 Å². The van der Waals surface area contributed by atoms with Crippen LogP contribution in [0.5, 0.6) is 0 Å². The second-order valence-electron chi connectivity index (χ2n) is 3.88. The molecule has 0 bridgehead atoms. The minimum Gasteiger partial charge on any atom is -0.396 e. The zero-order valence-electron chi connectivity index (χ0n) is 9.06. The Morgan fingerprint density at radius 1 is 1.59 bits per heavy atom. The van der Waals surface area contributed by atoms with Crippen LogP contribution < -0.4 is 5.73 Å². The van der Waals surface area contributed by atoms with Gasteiger partial charge in [-0.1, -0.05) is 0 Å². The predicted octanol–water partition coefficient (Wildman–Crippen LogP) is -2.08. The molecule has 0 unspecified atom stereocenters. The number of aromatic nitrogens is 3. The molecule has 0 aromatic carbocycles. The number of ether oxygens (including phenoxy) is 1. The van der Waals surface area contributed by atoms with Crippen LogP contribution in [0.4, 0.5) is 0 Å². The van der Waals surface area contributed by atoms with Crippen LogP contribution in [0.2, 0.25) is 0 Å². The lowest BCUT2D eigenvalue weighted by Crippen LogP contribution is -2.29. The van der Waals surface area contributed by atoms with Crippen molar-refractivity contribution in [2.24, 2.45) is 11.7 Å². The number of rotatable bonds is 4. The molecule has 0 radical (unpaired) electrons. The molecule has 8 heteroatoms. The highest BCUT2D eigenvalue weighted by molar-refractivity contribution is 5.88. The van der Waals surface area contributed by atoms with Crippen LogP contribution in [-0.2, 0) is 4.74 Å². The maximum atomic E-state index is 10.9. The van der Waals surface area contributed by atoms with Crippen LogP contribution in [0, 0.1) is 5.92 Å². The first-order valence-corrected chi connectivity index (χ1v) is 5.21. The number of nitrogens with two attached hydrogens (primary N) is 1. The van der Waals surface area contributed by atoms with E-state index >= 15 is 0 Å². The number of carbonyl (C=O) groups excluding carboxylic acids is 1. The molecular formula is C9H14N4O4. The molecule has 0 aliphatic carbocycles. The van der Waals surface area contributed by atoms with Crippen LogP contribution in [0.25, 0.3) is 0 Å². The van der Waals surface area contributed by atoms with E-state index in [9.17, 15) is 9.90 Å². The van der Waals surface area contributed by atoms with Gasteiger partial charge in [-0.05, 0) is 0 Å². The standard InChI is InChI=1S/C9H14N4O4/c10-8(16)9-11-4-13(12-9)6-3-17-7(2-15)5(6)1-14/h4-7,14-15H,1-3H2,(H2,10,16)/t5-,6-,7+/m0/s1. The SMILES string of the molecule is NC(=O)c1ncn([C@H]2CO[C@H](CO)[C@H]2CO)n1. The normalized spacial score (nSPS) is 28.5.